The van der Waals surface area contributed by atoms with E-state index in [9.17, 15) is 9.59 Å². The Hall–Kier alpha value is -1.49. The average Bonchev–Trinajstić information content (AvgIpc) is 2.16. The summed E-state index contributed by atoms with van der Waals surface area (Å²) < 4.78 is 0. The van der Waals surface area contributed by atoms with E-state index in [2.05, 4.69) is 5.32 Å². The van der Waals surface area contributed by atoms with E-state index in [-0.39, 0.29) is 17.2 Å². The number of carbonyl (C=O) groups excluding carboxylic acids is 1. The van der Waals surface area contributed by atoms with Crippen molar-refractivity contribution in [3.8, 4) is 0 Å². The number of hydrogen-bond acceptors (Lipinski definition) is 4. The van der Waals surface area contributed by atoms with E-state index in [1.807, 2.05) is 0 Å². The van der Waals surface area contributed by atoms with Crippen LogP contribution in [0.1, 0.15) is 10.4 Å². The first kappa shape index (κ1) is 9.08. The number of carboxylic acids is 1. The van der Waals surface area contributed by atoms with Crippen molar-refractivity contribution in [2.24, 2.45) is 0 Å². The zero-order valence-electron chi connectivity index (χ0n) is 7.11. The first-order valence-electron chi connectivity index (χ1n) is 3.99. The fourth-order valence-electron chi connectivity index (χ4n) is 1.30. The average molecular weight is 209 g/mol. The summed E-state index contributed by atoms with van der Waals surface area (Å²) in [4.78, 5) is 22.6. The van der Waals surface area contributed by atoms with E-state index in [1.165, 1.54) is 6.07 Å². The molecular weight excluding hydrogens is 202 g/mol. The number of thioether (sulfide) groups is 1. The molecule has 0 fully saturated rings. The molecule has 0 aliphatic carbocycles. The van der Waals surface area contributed by atoms with Gasteiger partial charge in [-0.15, -0.1) is 0 Å². The van der Waals surface area contributed by atoms with Crippen LogP contribution in [0, 0.1) is 0 Å². The Balaban J connectivity index is 2.52. The van der Waals surface area contributed by atoms with E-state index in [1.54, 1.807) is 12.1 Å². The summed E-state index contributed by atoms with van der Waals surface area (Å²) in [5.41, 5.74) is 0.757. The number of fused-ring (bicyclic) bond motifs is 1. The maximum Gasteiger partial charge on any atom is 0.337 e. The first-order chi connectivity index (χ1) is 6.68. The van der Waals surface area contributed by atoms with Crippen LogP contribution in [0.15, 0.2) is 23.1 Å². The molecule has 0 saturated carbocycles. The van der Waals surface area contributed by atoms with Gasteiger partial charge >= 0.3 is 5.97 Å². The van der Waals surface area contributed by atoms with Gasteiger partial charge in [0.1, 0.15) is 0 Å². The zero-order chi connectivity index (χ0) is 10.1. The van der Waals surface area contributed by atoms with Crippen LogP contribution in [0.3, 0.4) is 0 Å². The first-order valence-corrected chi connectivity index (χ1v) is 4.81. The molecule has 14 heavy (non-hydrogen) atoms. The predicted octanol–water partition coefficient (Wildman–Crippen LogP) is 1.43. The van der Waals surface area contributed by atoms with Gasteiger partial charge in [0, 0.05) is 4.90 Å². The van der Waals surface area contributed by atoms with Crippen molar-refractivity contribution in [3.05, 3.63) is 23.8 Å². The molecule has 0 bridgehead atoms. The Morgan fingerprint density at radius 1 is 1.50 bits per heavy atom. The molecule has 5 heteroatoms. The van der Waals surface area contributed by atoms with Crippen molar-refractivity contribution in [1.82, 2.24) is 0 Å². The van der Waals surface area contributed by atoms with Crippen LogP contribution in [0.5, 0.6) is 0 Å². The molecule has 1 aliphatic rings. The highest BCUT2D eigenvalue weighted by atomic mass is 32.2. The Labute approximate surface area is 84.3 Å². The number of carbonyl (C=O) groups is 2. The minimum atomic E-state index is -0.982. The van der Waals surface area contributed by atoms with Crippen LogP contribution in [0.4, 0.5) is 5.69 Å². The van der Waals surface area contributed by atoms with Gasteiger partial charge in [-0.1, -0.05) is 6.07 Å². The Kier molecular flexibility index (Phi) is 2.17. The highest BCUT2D eigenvalue weighted by Crippen LogP contribution is 2.34. The largest absolute Gasteiger partial charge is 0.478 e. The predicted molar refractivity (Wildman–Crippen MR) is 52.8 cm³/mol. The monoisotopic (exact) mass is 209 g/mol. The number of para-hydroxylation sites is 1. The number of carboxylic acid groups (broad SMARTS) is 1. The van der Waals surface area contributed by atoms with Crippen molar-refractivity contribution in [2.45, 2.75) is 4.90 Å². The molecule has 0 aromatic heterocycles. The third-order valence-electron chi connectivity index (χ3n) is 1.89. The van der Waals surface area contributed by atoms with Gasteiger partial charge in [-0.2, -0.15) is 0 Å². The third kappa shape index (κ3) is 1.46. The topological polar surface area (TPSA) is 66.4 Å². The van der Waals surface area contributed by atoms with Gasteiger partial charge in [0.05, 0.1) is 17.8 Å². The van der Waals surface area contributed by atoms with Gasteiger partial charge in [0.15, 0.2) is 0 Å². The fourth-order valence-corrected chi connectivity index (χ4v) is 2.12. The lowest BCUT2D eigenvalue weighted by atomic mass is 10.2. The summed E-state index contributed by atoms with van der Waals surface area (Å²) in [6, 6.07) is 4.89. The highest BCUT2D eigenvalue weighted by Gasteiger charge is 2.20. The third-order valence-corrected chi connectivity index (χ3v) is 2.82. The van der Waals surface area contributed by atoms with E-state index < -0.39 is 5.97 Å². The molecule has 2 rings (SSSR count). The number of anilines is 1. The highest BCUT2D eigenvalue weighted by molar-refractivity contribution is 8.14. The van der Waals surface area contributed by atoms with Gasteiger partial charge < -0.3 is 10.4 Å². The molecule has 1 aromatic carbocycles. The number of nitrogens with one attached hydrogen (secondary N) is 1. The second-order valence-corrected chi connectivity index (χ2v) is 3.91. The SMILES string of the molecule is O=C1CNc2c(cccc2C(=O)O)S1. The Morgan fingerprint density at radius 3 is 3.00 bits per heavy atom. The standard InChI is InChI=1S/C9H7NO3S/c11-7-4-10-8-5(9(12)13)2-1-3-6(8)14-7/h1-3,10H,4H2,(H,12,13). The van der Waals surface area contributed by atoms with Crippen LogP contribution < -0.4 is 5.32 Å². The smallest absolute Gasteiger partial charge is 0.337 e. The van der Waals surface area contributed by atoms with Crippen LogP contribution in [0.25, 0.3) is 0 Å². The molecule has 1 heterocycles. The lowest BCUT2D eigenvalue weighted by Gasteiger charge is -2.17. The quantitative estimate of drug-likeness (QED) is 0.732. The molecule has 2 N–H and O–H groups in total. The normalized spacial score (nSPS) is 14.4. The van der Waals surface area contributed by atoms with Gasteiger partial charge in [0.25, 0.3) is 0 Å². The van der Waals surface area contributed by atoms with Crippen LogP contribution in [-0.4, -0.2) is 22.7 Å². The fraction of sp³-hybridized carbons (Fsp3) is 0.111. The molecule has 1 aliphatic heterocycles. The second kappa shape index (κ2) is 3.34. The minimum absolute atomic E-state index is 0.0000359. The van der Waals surface area contributed by atoms with Crippen molar-refractivity contribution in [1.29, 1.82) is 0 Å². The van der Waals surface area contributed by atoms with Gasteiger partial charge in [0.2, 0.25) is 5.12 Å². The molecule has 72 valence electrons. The van der Waals surface area contributed by atoms with Crippen molar-refractivity contribution in [2.75, 3.05) is 11.9 Å². The maximum absolute atomic E-state index is 11.1. The van der Waals surface area contributed by atoms with Crippen molar-refractivity contribution in [3.63, 3.8) is 0 Å². The molecule has 1 aromatic rings. The molecule has 0 saturated heterocycles. The van der Waals surface area contributed by atoms with E-state index in [0.29, 0.717) is 10.6 Å². The number of aromatic carboxylic acids is 1. The summed E-state index contributed by atoms with van der Waals surface area (Å²) in [5, 5.41) is 11.7. The van der Waals surface area contributed by atoms with Crippen molar-refractivity contribution >= 4 is 28.5 Å². The van der Waals surface area contributed by atoms with Crippen LogP contribution in [0.2, 0.25) is 0 Å². The van der Waals surface area contributed by atoms with E-state index >= 15 is 0 Å². The second-order valence-electron chi connectivity index (χ2n) is 2.81. The van der Waals surface area contributed by atoms with Crippen molar-refractivity contribution < 1.29 is 14.7 Å². The minimum Gasteiger partial charge on any atom is -0.478 e. The Bertz CT molecular complexity index is 417. The van der Waals surface area contributed by atoms with E-state index in [4.69, 9.17) is 5.11 Å². The lowest BCUT2D eigenvalue weighted by Crippen LogP contribution is -2.18. The summed E-state index contributed by atoms with van der Waals surface area (Å²) >= 11 is 1.08. The molecule has 0 radical (unpaired) electrons. The number of rotatable bonds is 1. The zero-order valence-corrected chi connectivity index (χ0v) is 7.93. The summed E-state index contributed by atoms with van der Waals surface area (Å²) in [7, 11) is 0. The lowest BCUT2D eigenvalue weighted by molar-refractivity contribution is -0.109. The van der Waals surface area contributed by atoms with Gasteiger partial charge in [-0.25, -0.2) is 4.79 Å². The van der Waals surface area contributed by atoms with Gasteiger partial charge in [-0.05, 0) is 23.9 Å². The molecule has 0 atom stereocenters. The van der Waals surface area contributed by atoms with E-state index in [0.717, 1.165) is 11.8 Å². The Morgan fingerprint density at radius 2 is 2.29 bits per heavy atom. The van der Waals surface area contributed by atoms with Crippen LogP contribution >= 0.6 is 11.8 Å². The molecule has 0 amide bonds. The summed E-state index contributed by atoms with van der Waals surface area (Å²) in [6.07, 6.45) is 0. The number of hydrogen-bond donors (Lipinski definition) is 2. The number of benzene rings is 1. The van der Waals surface area contributed by atoms with Gasteiger partial charge in [-0.3, -0.25) is 4.79 Å². The summed E-state index contributed by atoms with van der Waals surface area (Å²) in [5.74, 6) is -0.982. The molecular formula is C9H7NO3S. The maximum atomic E-state index is 11.1. The summed E-state index contributed by atoms with van der Waals surface area (Å²) in [6.45, 7) is 0.182. The molecule has 0 unspecified atom stereocenters. The molecule has 0 spiro atoms. The van der Waals surface area contributed by atoms with Crippen LogP contribution in [-0.2, 0) is 4.79 Å². The molecule has 4 nitrogen and oxygen atoms in total.